The Labute approximate surface area is 86.4 Å². The zero-order chi connectivity index (χ0) is 11.5. The molecule has 2 N–H and O–H groups in total. The zero-order valence-corrected chi connectivity index (χ0v) is 8.25. The Balaban J connectivity index is 2.82. The van der Waals surface area contributed by atoms with Crippen molar-refractivity contribution in [3.63, 3.8) is 0 Å². The molecule has 1 atom stereocenters. The molecule has 0 heterocycles. The summed E-state index contributed by atoms with van der Waals surface area (Å²) in [7, 11) is 0. The van der Waals surface area contributed by atoms with Gasteiger partial charge < -0.3 is 5.73 Å². The molecule has 0 amide bonds. The highest BCUT2D eigenvalue weighted by Crippen LogP contribution is 2.29. The fourth-order valence-corrected chi connectivity index (χ4v) is 1.05. The lowest BCUT2D eigenvalue weighted by atomic mass is 10.1. The highest BCUT2D eigenvalue weighted by molar-refractivity contribution is 5.50. The van der Waals surface area contributed by atoms with E-state index in [2.05, 4.69) is 0 Å². The van der Waals surface area contributed by atoms with E-state index in [4.69, 9.17) is 5.73 Å². The topological polar surface area (TPSA) is 26.0 Å². The molecule has 0 spiro atoms. The van der Waals surface area contributed by atoms with Gasteiger partial charge in [0.25, 0.3) is 0 Å². The van der Waals surface area contributed by atoms with Gasteiger partial charge in [0.15, 0.2) is 0 Å². The lowest BCUT2D eigenvalue weighted by molar-refractivity contribution is -0.137. The fraction of sp³-hybridized carbons (Fsp3) is 0.273. The summed E-state index contributed by atoms with van der Waals surface area (Å²) >= 11 is 0. The number of alkyl halides is 3. The third-order valence-electron chi connectivity index (χ3n) is 1.83. The van der Waals surface area contributed by atoms with Gasteiger partial charge in [0.05, 0.1) is 5.56 Å². The zero-order valence-electron chi connectivity index (χ0n) is 8.25. The van der Waals surface area contributed by atoms with Crippen LogP contribution in [-0.2, 0) is 6.18 Å². The predicted molar refractivity (Wildman–Crippen MR) is 54.1 cm³/mol. The van der Waals surface area contributed by atoms with Gasteiger partial charge in [-0.05, 0) is 24.6 Å². The minimum absolute atomic E-state index is 0.104. The molecule has 1 nitrogen and oxygen atoms in total. The number of benzene rings is 1. The van der Waals surface area contributed by atoms with Crippen LogP contribution in [-0.4, -0.2) is 6.04 Å². The molecule has 0 aliphatic rings. The number of nitrogens with two attached hydrogens (primary N) is 1. The van der Waals surface area contributed by atoms with Crippen molar-refractivity contribution in [2.45, 2.75) is 19.1 Å². The standard InChI is InChI=1S/C11H12F3N/c1-8(15)2-3-9-4-6-10(7-5-9)11(12,13)14/h2-8H,15H2,1H3. The summed E-state index contributed by atoms with van der Waals surface area (Å²) in [6.45, 7) is 1.79. The molecule has 0 aliphatic heterocycles. The van der Waals surface area contributed by atoms with E-state index in [1.807, 2.05) is 0 Å². The van der Waals surface area contributed by atoms with Crippen molar-refractivity contribution in [1.29, 1.82) is 0 Å². The molecule has 0 aromatic heterocycles. The van der Waals surface area contributed by atoms with Crippen molar-refractivity contribution >= 4 is 6.08 Å². The van der Waals surface area contributed by atoms with Crippen LogP contribution in [0.1, 0.15) is 18.1 Å². The van der Waals surface area contributed by atoms with Gasteiger partial charge in [-0.3, -0.25) is 0 Å². The van der Waals surface area contributed by atoms with Crippen molar-refractivity contribution in [3.05, 3.63) is 41.5 Å². The highest BCUT2D eigenvalue weighted by Gasteiger charge is 2.29. The van der Waals surface area contributed by atoms with Crippen LogP contribution in [0.5, 0.6) is 0 Å². The summed E-state index contributed by atoms with van der Waals surface area (Å²) in [5.74, 6) is 0. The molecule has 15 heavy (non-hydrogen) atoms. The number of hydrogen-bond acceptors (Lipinski definition) is 1. The van der Waals surface area contributed by atoms with Crippen LogP contribution in [0.4, 0.5) is 13.2 Å². The summed E-state index contributed by atoms with van der Waals surface area (Å²) in [4.78, 5) is 0. The molecule has 1 unspecified atom stereocenters. The van der Waals surface area contributed by atoms with Gasteiger partial charge in [0.1, 0.15) is 0 Å². The lowest BCUT2D eigenvalue weighted by Crippen LogP contribution is -2.09. The van der Waals surface area contributed by atoms with Gasteiger partial charge >= 0.3 is 6.18 Å². The number of rotatable bonds is 2. The number of halogens is 3. The van der Waals surface area contributed by atoms with E-state index in [-0.39, 0.29) is 6.04 Å². The third kappa shape index (κ3) is 3.75. The van der Waals surface area contributed by atoms with Gasteiger partial charge in [-0.2, -0.15) is 13.2 Å². The van der Waals surface area contributed by atoms with E-state index >= 15 is 0 Å². The van der Waals surface area contributed by atoms with Crippen molar-refractivity contribution in [2.75, 3.05) is 0 Å². The summed E-state index contributed by atoms with van der Waals surface area (Å²) in [6, 6.07) is 4.85. The Morgan fingerprint density at radius 3 is 2.13 bits per heavy atom. The lowest BCUT2D eigenvalue weighted by Gasteiger charge is -2.06. The van der Waals surface area contributed by atoms with E-state index in [9.17, 15) is 13.2 Å². The quantitative estimate of drug-likeness (QED) is 0.806. The van der Waals surface area contributed by atoms with E-state index in [1.165, 1.54) is 12.1 Å². The molecule has 0 bridgehead atoms. The van der Waals surface area contributed by atoms with Crippen LogP contribution in [0.25, 0.3) is 6.08 Å². The second-order valence-corrected chi connectivity index (χ2v) is 3.34. The largest absolute Gasteiger partial charge is 0.416 e. The monoisotopic (exact) mass is 215 g/mol. The first-order chi connectivity index (χ1) is 6.89. The van der Waals surface area contributed by atoms with E-state index in [0.717, 1.165) is 12.1 Å². The van der Waals surface area contributed by atoms with Crippen LogP contribution < -0.4 is 5.73 Å². The van der Waals surface area contributed by atoms with Crippen molar-refractivity contribution in [3.8, 4) is 0 Å². The maximum Gasteiger partial charge on any atom is 0.416 e. The Bertz CT molecular complexity index is 336. The van der Waals surface area contributed by atoms with Crippen molar-refractivity contribution < 1.29 is 13.2 Å². The molecule has 82 valence electrons. The normalized spacial score (nSPS) is 14.5. The molecular weight excluding hydrogens is 203 g/mol. The van der Waals surface area contributed by atoms with Gasteiger partial charge in [-0.15, -0.1) is 0 Å². The average Bonchev–Trinajstić information content (AvgIpc) is 2.14. The Morgan fingerprint density at radius 2 is 1.73 bits per heavy atom. The molecule has 4 heteroatoms. The van der Waals surface area contributed by atoms with E-state index in [1.54, 1.807) is 19.1 Å². The molecule has 0 saturated heterocycles. The van der Waals surface area contributed by atoms with Crippen LogP contribution in [0.15, 0.2) is 30.3 Å². The predicted octanol–water partition coefficient (Wildman–Crippen LogP) is 3.07. The molecule has 0 fully saturated rings. The van der Waals surface area contributed by atoms with Gasteiger partial charge in [0.2, 0.25) is 0 Å². The third-order valence-corrected chi connectivity index (χ3v) is 1.83. The Hall–Kier alpha value is -1.29. The Morgan fingerprint density at radius 1 is 1.20 bits per heavy atom. The average molecular weight is 215 g/mol. The highest BCUT2D eigenvalue weighted by atomic mass is 19.4. The summed E-state index contributed by atoms with van der Waals surface area (Å²) in [5, 5.41) is 0. The maximum atomic E-state index is 12.2. The summed E-state index contributed by atoms with van der Waals surface area (Å²) < 4.78 is 36.6. The molecule has 1 aromatic rings. The Kier molecular flexibility index (Phi) is 3.52. The first-order valence-electron chi connectivity index (χ1n) is 4.50. The minimum atomic E-state index is -4.27. The number of hydrogen-bond donors (Lipinski definition) is 1. The first kappa shape index (κ1) is 11.8. The van der Waals surface area contributed by atoms with Gasteiger partial charge in [-0.1, -0.05) is 24.3 Å². The van der Waals surface area contributed by atoms with Crippen molar-refractivity contribution in [1.82, 2.24) is 0 Å². The summed E-state index contributed by atoms with van der Waals surface area (Å²) in [6.07, 6.45) is -0.850. The summed E-state index contributed by atoms with van der Waals surface area (Å²) in [5.41, 5.74) is 5.54. The molecule has 0 saturated carbocycles. The minimum Gasteiger partial charge on any atom is -0.325 e. The van der Waals surface area contributed by atoms with E-state index < -0.39 is 11.7 Å². The SMILES string of the molecule is CC(N)C=Cc1ccc(C(F)(F)F)cc1. The van der Waals surface area contributed by atoms with Crippen LogP contribution in [0.3, 0.4) is 0 Å². The van der Waals surface area contributed by atoms with Gasteiger partial charge in [0, 0.05) is 6.04 Å². The van der Waals surface area contributed by atoms with Gasteiger partial charge in [-0.25, -0.2) is 0 Å². The molecule has 1 aromatic carbocycles. The second kappa shape index (κ2) is 4.49. The maximum absolute atomic E-state index is 12.2. The smallest absolute Gasteiger partial charge is 0.325 e. The molecule has 0 aliphatic carbocycles. The van der Waals surface area contributed by atoms with Crippen LogP contribution in [0, 0.1) is 0 Å². The van der Waals surface area contributed by atoms with Crippen molar-refractivity contribution in [2.24, 2.45) is 5.73 Å². The second-order valence-electron chi connectivity index (χ2n) is 3.34. The van der Waals surface area contributed by atoms with Crippen LogP contribution >= 0.6 is 0 Å². The van der Waals surface area contributed by atoms with Crippen LogP contribution in [0.2, 0.25) is 0 Å². The molecular formula is C11H12F3N. The molecule has 1 rings (SSSR count). The fourth-order valence-electron chi connectivity index (χ4n) is 1.05. The molecule has 0 radical (unpaired) electrons. The van der Waals surface area contributed by atoms with E-state index in [0.29, 0.717) is 5.56 Å². The first-order valence-corrected chi connectivity index (χ1v) is 4.50.